The number of carbonyl (C=O) groups is 1. The molecule has 1 unspecified atom stereocenters. The summed E-state index contributed by atoms with van der Waals surface area (Å²) < 4.78 is 5.30. The van der Waals surface area contributed by atoms with Gasteiger partial charge in [-0.2, -0.15) is 0 Å². The van der Waals surface area contributed by atoms with Gasteiger partial charge in [-0.3, -0.25) is 9.78 Å². The molecule has 3 aromatic heterocycles. The normalized spacial score (nSPS) is 16.6. The second-order valence-corrected chi connectivity index (χ2v) is 7.25. The van der Waals surface area contributed by atoms with Crippen molar-refractivity contribution in [3.8, 4) is 11.3 Å². The van der Waals surface area contributed by atoms with Crippen molar-refractivity contribution in [2.24, 2.45) is 0 Å². The first-order valence-electron chi connectivity index (χ1n) is 9.47. The van der Waals surface area contributed by atoms with Crippen LogP contribution in [0.1, 0.15) is 57.9 Å². The Morgan fingerprint density at radius 2 is 2.04 bits per heavy atom. The van der Waals surface area contributed by atoms with Crippen molar-refractivity contribution in [2.45, 2.75) is 46.6 Å². The number of likely N-dealkylation sites (tertiary alicyclic amines) is 1. The van der Waals surface area contributed by atoms with Crippen LogP contribution in [0.5, 0.6) is 0 Å². The highest BCUT2D eigenvalue weighted by Gasteiger charge is 2.33. The van der Waals surface area contributed by atoms with Crippen molar-refractivity contribution in [1.29, 1.82) is 0 Å². The van der Waals surface area contributed by atoms with Crippen molar-refractivity contribution in [2.75, 3.05) is 6.54 Å². The zero-order valence-electron chi connectivity index (χ0n) is 16.6. The summed E-state index contributed by atoms with van der Waals surface area (Å²) in [7, 11) is 0. The summed E-state index contributed by atoms with van der Waals surface area (Å²) in [5.41, 5.74) is 4.71. The van der Waals surface area contributed by atoms with Gasteiger partial charge in [0, 0.05) is 12.7 Å². The van der Waals surface area contributed by atoms with Crippen molar-refractivity contribution in [3.63, 3.8) is 0 Å². The first kappa shape index (κ1) is 18.3. The quantitative estimate of drug-likeness (QED) is 0.691. The molecule has 0 saturated carbocycles. The summed E-state index contributed by atoms with van der Waals surface area (Å²) in [5, 5.41) is 4.03. The summed E-state index contributed by atoms with van der Waals surface area (Å²) in [4.78, 5) is 28.6. The maximum atomic E-state index is 13.2. The lowest BCUT2D eigenvalue weighted by Gasteiger charge is -2.25. The van der Waals surface area contributed by atoms with Crippen molar-refractivity contribution < 1.29 is 9.32 Å². The Morgan fingerprint density at radius 1 is 1.21 bits per heavy atom. The number of pyridine rings is 1. The number of rotatable bonds is 3. The van der Waals surface area contributed by atoms with E-state index in [1.165, 1.54) is 0 Å². The molecule has 1 aliphatic rings. The molecule has 0 N–H and O–H groups in total. The van der Waals surface area contributed by atoms with E-state index in [9.17, 15) is 4.79 Å². The van der Waals surface area contributed by atoms with Gasteiger partial charge in [0.15, 0.2) is 0 Å². The van der Waals surface area contributed by atoms with E-state index in [1.54, 1.807) is 6.20 Å². The maximum Gasteiger partial charge on any atom is 0.273 e. The Kier molecular flexibility index (Phi) is 4.66. The van der Waals surface area contributed by atoms with Crippen molar-refractivity contribution in [3.05, 3.63) is 58.6 Å². The molecule has 0 aliphatic carbocycles. The first-order valence-corrected chi connectivity index (χ1v) is 9.47. The molecule has 144 valence electrons. The minimum Gasteiger partial charge on any atom is -0.361 e. The number of aromatic nitrogens is 4. The van der Waals surface area contributed by atoms with Gasteiger partial charge in [0.05, 0.1) is 28.7 Å². The fourth-order valence-corrected chi connectivity index (χ4v) is 3.90. The number of nitrogens with zero attached hydrogens (tertiary/aromatic N) is 5. The zero-order chi connectivity index (χ0) is 19.8. The number of aryl methyl sites for hydroxylation is 4. The van der Waals surface area contributed by atoms with Gasteiger partial charge in [0.2, 0.25) is 0 Å². The van der Waals surface area contributed by atoms with E-state index in [1.807, 2.05) is 50.8 Å². The van der Waals surface area contributed by atoms with Gasteiger partial charge in [0.25, 0.3) is 5.91 Å². The molecule has 0 bridgehead atoms. The predicted octanol–water partition coefficient (Wildman–Crippen LogP) is 3.74. The van der Waals surface area contributed by atoms with E-state index in [4.69, 9.17) is 4.52 Å². The minimum absolute atomic E-state index is 0.0456. The lowest BCUT2D eigenvalue weighted by molar-refractivity contribution is 0.0726. The fraction of sp³-hybridized carbons (Fsp3) is 0.381. The lowest BCUT2D eigenvalue weighted by Crippen LogP contribution is -2.32. The van der Waals surface area contributed by atoms with Crippen LogP contribution >= 0.6 is 0 Å². The molecule has 1 fully saturated rings. The van der Waals surface area contributed by atoms with Crippen molar-refractivity contribution in [1.82, 2.24) is 25.0 Å². The highest BCUT2D eigenvalue weighted by atomic mass is 16.5. The van der Waals surface area contributed by atoms with E-state index in [2.05, 4.69) is 20.1 Å². The Balaban J connectivity index is 1.72. The van der Waals surface area contributed by atoms with Gasteiger partial charge in [-0.25, -0.2) is 9.97 Å². The average Bonchev–Trinajstić information content (AvgIpc) is 3.28. The number of hydrogen-bond donors (Lipinski definition) is 0. The fourth-order valence-electron chi connectivity index (χ4n) is 3.90. The van der Waals surface area contributed by atoms with Gasteiger partial charge in [-0.15, -0.1) is 0 Å². The van der Waals surface area contributed by atoms with Crippen LogP contribution in [-0.2, 0) is 0 Å². The highest BCUT2D eigenvalue weighted by molar-refractivity contribution is 5.94. The topological polar surface area (TPSA) is 85.0 Å². The molecule has 1 atom stereocenters. The molecule has 3 aromatic rings. The lowest BCUT2D eigenvalue weighted by atomic mass is 10.1. The van der Waals surface area contributed by atoms with Crippen LogP contribution in [0.15, 0.2) is 28.9 Å². The summed E-state index contributed by atoms with van der Waals surface area (Å²) >= 11 is 0. The van der Waals surface area contributed by atoms with E-state index < -0.39 is 0 Å². The average molecular weight is 377 g/mol. The number of carbonyl (C=O) groups excluding carboxylic acids is 1. The van der Waals surface area contributed by atoms with Crippen LogP contribution in [-0.4, -0.2) is 37.5 Å². The van der Waals surface area contributed by atoms with Crippen LogP contribution < -0.4 is 0 Å². The third-order valence-electron chi connectivity index (χ3n) is 5.21. The Morgan fingerprint density at radius 3 is 2.75 bits per heavy atom. The molecule has 4 heterocycles. The Bertz CT molecular complexity index is 1020. The first-order chi connectivity index (χ1) is 13.5. The number of hydrogen-bond acceptors (Lipinski definition) is 6. The van der Waals surface area contributed by atoms with Crippen LogP contribution in [0.3, 0.4) is 0 Å². The predicted molar refractivity (Wildman–Crippen MR) is 104 cm³/mol. The number of amides is 1. The van der Waals surface area contributed by atoms with Crippen LogP contribution in [0.25, 0.3) is 11.3 Å². The van der Waals surface area contributed by atoms with Gasteiger partial charge in [-0.05, 0) is 58.2 Å². The molecule has 1 saturated heterocycles. The molecule has 7 heteroatoms. The third kappa shape index (κ3) is 3.17. The van der Waals surface area contributed by atoms with Gasteiger partial charge in [0.1, 0.15) is 17.3 Å². The molecule has 0 radical (unpaired) electrons. The molecule has 4 rings (SSSR count). The summed E-state index contributed by atoms with van der Waals surface area (Å²) in [6.07, 6.45) is 3.47. The highest BCUT2D eigenvalue weighted by Crippen LogP contribution is 2.34. The van der Waals surface area contributed by atoms with Crippen LogP contribution in [0.4, 0.5) is 0 Å². The molecule has 0 spiro atoms. The molecule has 7 nitrogen and oxygen atoms in total. The summed E-state index contributed by atoms with van der Waals surface area (Å²) in [6, 6.07) is 5.63. The van der Waals surface area contributed by atoms with Gasteiger partial charge < -0.3 is 9.42 Å². The molecular weight excluding hydrogens is 354 g/mol. The third-order valence-corrected chi connectivity index (χ3v) is 5.21. The Hall–Kier alpha value is -3.09. The monoisotopic (exact) mass is 377 g/mol. The Labute approximate surface area is 163 Å². The smallest absolute Gasteiger partial charge is 0.273 e. The van der Waals surface area contributed by atoms with E-state index in [0.717, 1.165) is 46.8 Å². The van der Waals surface area contributed by atoms with Gasteiger partial charge >= 0.3 is 0 Å². The maximum absolute atomic E-state index is 13.2. The molecule has 1 aliphatic heterocycles. The zero-order valence-corrected chi connectivity index (χ0v) is 16.6. The standard InChI is InChI=1S/C21H23N5O2/c1-12-7-5-9-22-20(12)21(27)26-10-6-8-18(26)16-11-17(24-15(4)23-16)19-13(2)25-28-14(19)3/h5,7,9,11,18H,6,8,10H2,1-4H3. The second-order valence-electron chi connectivity index (χ2n) is 7.25. The van der Waals surface area contributed by atoms with E-state index in [0.29, 0.717) is 18.1 Å². The van der Waals surface area contributed by atoms with Crippen molar-refractivity contribution >= 4 is 5.91 Å². The summed E-state index contributed by atoms with van der Waals surface area (Å²) in [5.74, 6) is 1.35. The molecular formula is C21H23N5O2. The van der Waals surface area contributed by atoms with Crippen LogP contribution in [0, 0.1) is 27.7 Å². The molecule has 0 aromatic carbocycles. The minimum atomic E-state index is -0.0881. The second kappa shape index (κ2) is 7.14. The molecule has 1 amide bonds. The van der Waals surface area contributed by atoms with Gasteiger partial charge in [-0.1, -0.05) is 11.2 Å². The summed E-state index contributed by atoms with van der Waals surface area (Å²) in [6.45, 7) is 8.26. The van der Waals surface area contributed by atoms with E-state index in [-0.39, 0.29) is 11.9 Å². The molecule has 28 heavy (non-hydrogen) atoms. The largest absolute Gasteiger partial charge is 0.361 e. The van der Waals surface area contributed by atoms with Crippen LogP contribution in [0.2, 0.25) is 0 Å². The van der Waals surface area contributed by atoms with E-state index >= 15 is 0 Å². The SMILES string of the molecule is Cc1nc(-c2c(C)noc2C)cc(C2CCCN2C(=O)c2ncccc2C)n1.